The summed E-state index contributed by atoms with van der Waals surface area (Å²) in [5, 5.41) is 5.91. The molecule has 3 rings (SSSR count). The van der Waals surface area contributed by atoms with Crippen molar-refractivity contribution in [2.75, 3.05) is 11.9 Å². The Bertz CT molecular complexity index is 711. The Labute approximate surface area is 161 Å². The van der Waals surface area contributed by atoms with Crippen LogP contribution in [0.4, 0.5) is 5.69 Å². The van der Waals surface area contributed by atoms with Crippen LogP contribution < -0.4 is 15.4 Å². The van der Waals surface area contributed by atoms with Crippen LogP contribution in [0.5, 0.6) is 5.75 Å². The number of rotatable bonds is 8. The summed E-state index contributed by atoms with van der Waals surface area (Å²) in [6.07, 6.45) is 8.73. The molecule has 1 saturated carbocycles. The lowest BCUT2D eigenvalue weighted by atomic mass is 9.97. The van der Waals surface area contributed by atoms with Crippen molar-refractivity contribution in [1.29, 1.82) is 0 Å². The molecule has 1 aromatic rings. The first-order chi connectivity index (χ1) is 13.0. The number of hydrogen-bond acceptors (Lipinski definition) is 3. The van der Waals surface area contributed by atoms with Crippen LogP contribution in [0.2, 0.25) is 0 Å². The third kappa shape index (κ3) is 5.59. The zero-order valence-electron chi connectivity index (χ0n) is 16.3. The number of carbonyl (C=O) groups is 2. The van der Waals surface area contributed by atoms with Crippen LogP contribution in [0.1, 0.15) is 52.4 Å². The van der Waals surface area contributed by atoms with Crippen LogP contribution in [0, 0.1) is 11.8 Å². The summed E-state index contributed by atoms with van der Waals surface area (Å²) >= 11 is 0. The second-order valence-corrected chi connectivity index (χ2v) is 7.75. The first-order valence-electron chi connectivity index (χ1n) is 10.1. The van der Waals surface area contributed by atoms with E-state index in [9.17, 15) is 9.59 Å². The minimum atomic E-state index is -0.244. The van der Waals surface area contributed by atoms with E-state index in [1.807, 2.05) is 38.1 Å². The van der Waals surface area contributed by atoms with Crippen molar-refractivity contribution in [3.8, 4) is 5.75 Å². The van der Waals surface area contributed by atoms with Crippen molar-refractivity contribution >= 4 is 17.5 Å². The van der Waals surface area contributed by atoms with Gasteiger partial charge in [0.2, 0.25) is 11.8 Å². The van der Waals surface area contributed by atoms with Crippen molar-refractivity contribution in [2.24, 2.45) is 11.8 Å². The largest absolute Gasteiger partial charge is 0.489 e. The van der Waals surface area contributed by atoms with Gasteiger partial charge in [0.15, 0.2) is 0 Å². The third-order valence-electron chi connectivity index (χ3n) is 5.10. The number of amides is 2. The molecule has 2 unspecified atom stereocenters. The molecule has 0 radical (unpaired) electrons. The van der Waals surface area contributed by atoms with Gasteiger partial charge in [-0.2, -0.15) is 0 Å². The molecular weight excluding hydrogens is 340 g/mol. The van der Waals surface area contributed by atoms with Gasteiger partial charge >= 0.3 is 0 Å². The maximum absolute atomic E-state index is 12.5. The van der Waals surface area contributed by atoms with Gasteiger partial charge in [-0.1, -0.05) is 23.8 Å². The van der Waals surface area contributed by atoms with E-state index in [1.54, 1.807) is 0 Å². The van der Waals surface area contributed by atoms with Crippen LogP contribution >= 0.6 is 0 Å². The summed E-state index contributed by atoms with van der Waals surface area (Å²) in [6.45, 7) is 4.56. The first-order valence-corrected chi connectivity index (χ1v) is 10.1. The van der Waals surface area contributed by atoms with Gasteiger partial charge in [0.05, 0.1) is 23.6 Å². The van der Waals surface area contributed by atoms with Gasteiger partial charge < -0.3 is 15.4 Å². The van der Waals surface area contributed by atoms with Gasteiger partial charge in [-0.05, 0) is 64.5 Å². The van der Waals surface area contributed by atoms with Gasteiger partial charge in [-0.3, -0.25) is 9.59 Å². The molecule has 1 fully saturated rings. The Morgan fingerprint density at radius 2 is 1.93 bits per heavy atom. The first kappa shape index (κ1) is 19.5. The molecule has 27 heavy (non-hydrogen) atoms. The number of anilines is 1. The number of ether oxygens (including phenoxy) is 1. The van der Waals surface area contributed by atoms with E-state index in [0.29, 0.717) is 24.4 Å². The highest BCUT2D eigenvalue weighted by Gasteiger charge is 2.48. The minimum Gasteiger partial charge on any atom is -0.489 e. The molecule has 2 aliphatic rings. The molecule has 0 aromatic heterocycles. The summed E-state index contributed by atoms with van der Waals surface area (Å²) in [5.41, 5.74) is 2.11. The lowest BCUT2D eigenvalue weighted by Gasteiger charge is -2.15. The van der Waals surface area contributed by atoms with Crippen molar-refractivity contribution < 1.29 is 14.3 Å². The summed E-state index contributed by atoms with van der Waals surface area (Å²) in [5.74, 6) is 0.0981. The summed E-state index contributed by atoms with van der Waals surface area (Å²) < 4.78 is 5.73. The Morgan fingerprint density at radius 1 is 1.15 bits per heavy atom. The van der Waals surface area contributed by atoms with Crippen molar-refractivity contribution in [2.45, 2.75) is 58.5 Å². The number of hydrogen-bond donors (Lipinski definition) is 2. The normalized spacial score (nSPS) is 21.4. The molecule has 0 saturated heterocycles. The predicted octanol–water partition coefficient (Wildman–Crippen LogP) is 4.06. The molecule has 146 valence electrons. The topological polar surface area (TPSA) is 67.4 Å². The molecule has 2 aliphatic carbocycles. The molecule has 0 spiro atoms. The Hall–Kier alpha value is -2.30. The molecule has 0 heterocycles. The van der Waals surface area contributed by atoms with E-state index in [1.165, 1.54) is 18.4 Å². The van der Waals surface area contributed by atoms with E-state index < -0.39 is 0 Å². The fourth-order valence-electron chi connectivity index (χ4n) is 3.54. The highest BCUT2D eigenvalue weighted by atomic mass is 16.5. The second-order valence-electron chi connectivity index (χ2n) is 7.75. The highest BCUT2D eigenvalue weighted by Crippen LogP contribution is 2.40. The number of benzene rings is 1. The highest BCUT2D eigenvalue weighted by molar-refractivity contribution is 6.00. The number of nitrogens with one attached hydrogen (secondary N) is 2. The van der Waals surface area contributed by atoms with E-state index in [-0.39, 0.29) is 29.8 Å². The number of para-hydroxylation sites is 2. The van der Waals surface area contributed by atoms with Crippen molar-refractivity contribution in [1.82, 2.24) is 5.32 Å². The zero-order chi connectivity index (χ0) is 19.2. The lowest BCUT2D eigenvalue weighted by Crippen LogP contribution is -2.28. The molecule has 1 aromatic carbocycles. The predicted molar refractivity (Wildman–Crippen MR) is 107 cm³/mol. The molecule has 2 atom stereocenters. The van der Waals surface area contributed by atoms with Gasteiger partial charge in [0, 0.05) is 6.54 Å². The maximum atomic E-state index is 12.5. The van der Waals surface area contributed by atoms with Crippen LogP contribution in [-0.2, 0) is 9.59 Å². The molecule has 0 bridgehead atoms. The SMILES string of the molecule is CC(C)Oc1ccccc1NC(=O)C1CC1C(=O)NCCC1=CCCCC1. The van der Waals surface area contributed by atoms with Crippen molar-refractivity contribution in [3.05, 3.63) is 35.9 Å². The van der Waals surface area contributed by atoms with Gasteiger partial charge in [0.1, 0.15) is 5.75 Å². The maximum Gasteiger partial charge on any atom is 0.228 e. The standard InChI is InChI=1S/C22H30N2O3/c1-15(2)27-20-11-7-6-10-19(20)24-22(26)18-14-17(18)21(25)23-13-12-16-8-4-3-5-9-16/h6-8,10-11,15,17-18H,3-5,9,12-14H2,1-2H3,(H,23,25)(H,24,26). The van der Waals surface area contributed by atoms with E-state index in [0.717, 1.165) is 19.3 Å². The van der Waals surface area contributed by atoms with Crippen LogP contribution in [0.15, 0.2) is 35.9 Å². The second kappa shape index (κ2) is 9.07. The van der Waals surface area contributed by atoms with E-state index in [4.69, 9.17) is 4.74 Å². The zero-order valence-corrected chi connectivity index (χ0v) is 16.3. The Kier molecular flexibility index (Phi) is 6.54. The molecular formula is C22H30N2O3. The van der Waals surface area contributed by atoms with Gasteiger partial charge in [-0.25, -0.2) is 0 Å². The molecule has 5 heteroatoms. The quantitative estimate of drug-likeness (QED) is 0.678. The van der Waals surface area contributed by atoms with Crippen LogP contribution in [0.25, 0.3) is 0 Å². The minimum absolute atomic E-state index is 0.00160. The third-order valence-corrected chi connectivity index (χ3v) is 5.10. The number of allylic oxidation sites excluding steroid dienone is 1. The van der Waals surface area contributed by atoms with Gasteiger partial charge in [-0.15, -0.1) is 0 Å². The molecule has 5 nitrogen and oxygen atoms in total. The monoisotopic (exact) mass is 370 g/mol. The Balaban J connectivity index is 1.45. The average Bonchev–Trinajstić information content (AvgIpc) is 3.45. The fourth-order valence-corrected chi connectivity index (χ4v) is 3.54. The van der Waals surface area contributed by atoms with E-state index >= 15 is 0 Å². The summed E-state index contributed by atoms with van der Waals surface area (Å²) in [6, 6.07) is 7.40. The fraction of sp³-hybridized carbons (Fsp3) is 0.545. The summed E-state index contributed by atoms with van der Waals surface area (Å²) in [4.78, 5) is 24.8. The average molecular weight is 370 g/mol. The van der Waals surface area contributed by atoms with Gasteiger partial charge in [0.25, 0.3) is 0 Å². The molecule has 2 amide bonds. The summed E-state index contributed by atoms with van der Waals surface area (Å²) in [7, 11) is 0. The number of carbonyl (C=O) groups excluding carboxylic acids is 2. The molecule has 0 aliphatic heterocycles. The smallest absolute Gasteiger partial charge is 0.228 e. The van der Waals surface area contributed by atoms with Crippen LogP contribution in [-0.4, -0.2) is 24.5 Å². The van der Waals surface area contributed by atoms with Crippen molar-refractivity contribution in [3.63, 3.8) is 0 Å². The van der Waals surface area contributed by atoms with Crippen LogP contribution in [0.3, 0.4) is 0 Å². The lowest BCUT2D eigenvalue weighted by molar-refractivity contribution is -0.125. The Morgan fingerprint density at radius 3 is 2.67 bits per heavy atom. The molecule has 2 N–H and O–H groups in total. The van der Waals surface area contributed by atoms with E-state index in [2.05, 4.69) is 16.7 Å².